The van der Waals surface area contributed by atoms with Crippen molar-refractivity contribution in [3.8, 4) is 0 Å². The highest BCUT2D eigenvalue weighted by Gasteiger charge is 2.28. The zero-order chi connectivity index (χ0) is 17.3. The molecule has 0 aliphatic carbocycles. The topological polar surface area (TPSA) is 110 Å². The molecule has 0 aromatic carbocycles. The second-order valence-electron chi connectivity index (χ2n) is 5.63. The molecule has 0 amide bonds. The van der Waals surface area contributed by atoms with E-state index in [2.05, 4.69) is 24.8 Å². The standard InChI is InChI=1S/C14H18F2N8/c1-14(15,16)12-19-6-9(7-20-12)23-2-4-24(5-3-23)10-8-21-13(18)22-11(10)17/h6-8H,2-5H2,1H3,(H4,17,18,21,22). The third-order valence-electron chi connectivity index (χ3n) is 3.83. The molecule has 8 nitrogen and oxygen atoms in total. The Balaban J connectivity index is 1.66. The lowest BCUT2D eigenvalue weighted by Crippen LogP contribution is -2.47. The van der Waals surface area contributed by atoms with Crippen molar-refractivity contribution in [1.82, 2.24) is 19.9 Å². The molecule has 1 fully saturated rings. The largest absolute Gasteiger partial charge is 0.382 e. The Hall–Kier alpha value is -2.78. The molecule has 0 radical (unpaired) electrons. The number of nitrogens with zero attached hydrogens (tertiary/aromatic N) is 6. The molecule has 3 rings (SSSR count). The van der Waals surface area contributed by atoms with E-state index in [0.717, 1.165) is 12.6 Å². The third kappa shape index (κ3) is 3.26. The summed E-state index contributed by atoms with van der Waals surface area (Å²) in [5.41, 5.74) is 12.8. The van der Waals surface area contributed by atoms with Gasteiger partial charge in [-0.2, -0.15) is 13.8 Å². The SMILES string of the molecule is CC(F)(F)c1ncc(N2CCN(c3cnc(N)nc3N)CC2)cn1. The second-order valence-corrected chi connectivity index (χ2v) is 5.63. The van der Waals surface area contributed by atoms with Crippen LogP contribution in [0.5, 0.6) is 0 Å². The van der Waals surface area contributed by atoms with E-state index in [1.165, 1.54) is 12.4 Å². The Morgan fingerprint density at radius 3 is 2.08 bits per heavy atom. The van der Waals surface area contributed by atoms with E-state index in [4.69, 9.17) is 11.5 Å². The predicted octanol–water partition coefficient (Wildman–Crippen LogP) is 0.869. The van der Waals surface area contributed by atoms with Crippen molar-refractivity contribution in [2.45, 2.75) is 12.8 Å². The second kappa shape index (κ2) is 6.02. The van der Waals surface area contributed by atoms with E-state index in [9.17, 15) is 8.78 Å². The van der Waals surface area contributed by atoms with E-state index < -0.39 is 11.7 Å². The van der Waals surface area contributed by atoms with Gasteiger partial charge in [0.05, 0.1) is 30.0 Å². The van der Waals surface area contributed by atoms with Crippen molar-refractivity contribution in [3.05, 3.63) is 24.4 Å². The highest BCUT2D eigenvalue weighted by atomic mass is 19.3. The van der Waals surface area contributed by atoms with Gasteiger partial charge in [-0.15, -0.1) is 0 Å². The van der Waals surface area contributed by atoms with Crippen LogP contribution in [-0.4, -0.2) is 46.1 Å². The number of aromatic nitrogens is 4. The summed E-state index contributed by atoms with van der Waals surface area (Å²) in [6.45, 7) is 3.50. The highest BCUT2D eigenvalue weighted by molar-refractivity contribution is 5.64. The number of alkyl halides is 2. The molecule has 1 saturated heterocycles. The van der Waals surface area contributed by atoms with Gasteiger partial charge in [0, 0.05) is 33.1 Å². The first-order valence-corrected chi connectivity index (χ1v) is 7.43. The molecule has 10 heteroatoms. The van der Waals surface area contributed by atoms with Gasteiger partial charge in [-0.25, -0.2) is 15.0 Å². The Bertz CT molecular complexity index is 708. The van der Waals surface area contributed by atoms with Crippen LogP contribution in [0.4, 0.5) is 31.9 Å². The van der Waals surface area contributed by atoms with Crippen LogP contribution >= 0.6 is 0 Å². The van der Waals surface area contributed by atoms with Crippen LogP contribution in [0.15, 0.2) is 18.6 Å². The maximum Gasteiger partial charge on any atom is 0.303 e. The van der Waals surface area contributed by atoms with Gasteiger partial charge >= 0.3 is 5.92 Å². The van der Waals surface area contributed by atoms with Gasteiger partial charge < -0.3 is 21.3 Å². The number of hydrogen-bond acceptors (Lipinski definition) is 8. The molecular formula is C14H18F2N8. The maximum absolute atomic E-state index is 13.2. The molecule has 0 saturated carbocycles. The monoisotopic (exact) mass is 336 g/mol. The molecule has 128 valence electrons. The summed E-state index contributed by atoms with van der Waals surface area (Å²) in [6, 6.07) is 0. The first-order chi connectivity index (χ1) is 11.3. The van der Waals surface area contributed by atoms with Crippen molar-refractivity contribution in [1.29, 1.82) is 0 Å². The lowest BCUT2D eigenvalue weighted by atomic mass is 10.2. The van der Waals surface area contributed by atoms with Gasteiger partial charge in [-0.1, -0.05) is 0 Å². The molecule has 2 aromatic heterocycles. The minimum Gasteiger partial charge on any atom is -0.382 e. The fourth-order valence-electron chi connectivity index (χ4n) is 2.56. The van der Waals surface area contributed by atoms with E-state index in [0.29, 0.717) is 37.7 Å². The van der Waals surface area contributed by atoms with Gasteiger partial charge in [0.1, 0.15) is 0 Å². The van der Waals surface area contributed by atoms with Gasteiger partial charge in [0.2, 0.25) is 5.95 Å². The number of hydrogen-bond donors (Lipinski definition) is 2. The molecule has 0 atom stereocenters. The molecule has 0 spiro atoms. The first kappa shape index (κ1) is 16.1. The minimum absolute atomic E-state index is 0.139. The molecular weight excluding hydrogens is 318 g/mol. The summed E-state index contributed by atoms with van der Waals surface area (Å²) in [6.07, 6.45) is 4.46. The summed E-state index contributed by atoms with van der Waals surface area (Å²) in [7, 11) is 0. The average Bonchev–Trinajstić information content (AvgIpc) is 2.54. The molecule has 0 bridgehead atoms. The van der Waals surface area contributed by atoms with Gasteiger partial charge in [-0.3, -0.25) is 0 Å². The van der Waals surface area contributed by atoms with E-state index in [1.54, 1.807) is 6.20 Å². The lowest BCUT2D eigenvalue weighted by molar-refractivity contribution is 0.00769. The summed E-state index contributed by atoms with van der Waals surface area (Å²) < 4.78 is 26.3. The van der Waals surface area contributed by atoms with E-state index in [-0.39, 0.29) is 5.95 Å². The number of nitrogens with two attached hydrogens (primary N) is 2. The summed E-state index contributed by atoms with van der Waals surface area (Å²) >= 11 is 0. The van der Waals surface area contributed by atoms with Gasteiger partial charge in [0.25, 0.3) is 0 Å². The number of piperazine rings is 1. The van der Waals surface area contributed by atoms with Crippen LogP contribution in [0.2, 0.25) is 0 Å². The molecule has 2 aromatic rings. The van der Waals surface area contributed by atoms with Crippen LogP contribution in [0, 0.1) is 0 Å². The Kier molecular flexibility index (Phi) is 4.04. The number of halogens is 2. The zero-order valence-corrected chi connectivity index (χ0v) is 13.2. The van der Waals surface area contributed by atoms with Gasteiger partial charge in [-0.05, 0) is 0 Å². The van der Waals surface area contributed by atoms with Crippen molar-refractivity contribution in [2.24, 2.45) is 0 Å². The number of nitrogen functional groups attached to an aromatic ring is 2. The van der Waals surface area contributed by atoms with Crippen molar-refractivity contribution in [3.63, 3.8) is 0 Å². The maximum atomic E-state index is 13.2. The van der Waals surface area contributed by atoms with Crippen LogP contribution in [0.25, 0.3) is 0 Å². The average molecular weight is 336 g/mol. The minimum atomic E-state index is -3.04. The van der Waals surface area contributed by atoms with Crippen LogP contribution in [0.3, 0.4) is 0 Å². The molecule has 1 aliphatic heterocycles. The molecule has 4 N–H and O–H groups in total. The van der Waals surface area contributed by atoms with Crippen molar-refractivity contribution in [2.75, 3.05) is 47.4 Å². The normalized spacial score (nSPS) is 15.6. The quantitative estimate of drug-likeness (QED) is 0.849. The fourth-order valence-corrected chi connectivity index (χ4v) is 2.56. The molecule has 3 heterocycles. The predicted molar refractivity (Wildman–Crippen MR) is 86.9 cm³/mol. The van der Waals surface area contributed by atoms with Crippen LogP contribution in [-0.2, 0) is 5.92 Å². The van der Waals surface area contributed by atoms with Gasteiger partial charge in [0.15, 0.2) is 11.6 Å². The summed E-state index contributed by atoms with van der Waals surface area (Å²) in [5, 5.41) is 0. The third-order valence-corrected chi connectivity index (χ3v) is 3.83. The number of rotatable bonds is 3. The van der Waals surface area contributed by atoms with Crippen molar-refractivity contribution >= 4 is 23.1 Å². The molecule has 0 unspecified atom stereocenters. The zero-order valence-electron chi connectivity index (χ0n) is 13.2. The number of anilines is 4. The first-order valence-electron chi connectivity index (χ1n) is 7.43. The Morgan fingerprint density at radius 1 is 0.958 bits per heavy atom. The van der Waals surface area contributed by atoms with E-state index >= 15 is 0 Å². The smallest absolute Gasteiger partial charge is 0.303 e. The molecule has 1 aliphatic rings. The summed E-state index contributed by atoms with van der Waals surface area (Å²) in [5.74, 6) is -3.03. The Labute approximate surface area is 137 Å². The van der Waals surface area contributed by atoms with E-state index in [1.807, 2.05) is 4.90 Å². The molecule has 24 heavy (non-hydrogen) atoms. The highest BCUT2D eigenvalue weighted by Crippen LogP contribution is 2.26. The van der Waals surface area contributed by atoms with Crippen LogP contribution < -0.4 is 21.3 Å². The Morgan fingerprint density at radius 2 is 1.54 bits per heavy atom. The lowest BCUT2D eigenvalue weighted by Gasteiger charge is -2.37. The van der Waals surface area contributed by atoms with Crippen molar-refractivity contribution < 1.29 is 8.78 Å². The fraction of sp³-hybridized carbons (Fsp3) is 0.429. The van der Waals surface area contributed by atoms with Crippen LogP contribution in [0.1, 0.15) is 12.7 Å². The summed E-state index contributed by atoms with van der Waals surface area (Å²) in [4.78, 5) is 19.5.